The first-order valence-corrected chi connectivity index (χ1v) is 9.36. The van der Waals surface area contributed by atoms with Gasteiger partial charge >= 0.3 is 0 Å². The van der Waals surface area contributed by atoms with Crippen LogP contribution in [0, 0.1) is 5.92 Å². The minimum atomic E-state index is -0.0174. The van der Waals surface area contributed by atoms with Gasteiger partial charge in [-0.15, -0.1) is 0 Å². The van der Waals surface area contributed by atoms with Crippen LogP contribution < -0.4 is 0 Å². The molecule has 0 radical (unpaired) electrons. The van der Waals surface area contributed by atoms with Gasteiger partial charge < -0.3 is 9.64 Å². The molecule has 1 amide bonds. The zero-order chi connectivity index (χ0) is 18.5. The summed E-state index contributed by atoms with van der Waals surface area (Å²) in [5, 5.41) is 4.52. The normalized spacial score (nSPS) is 17.0. The molecule has 3 heterocycles. The molecule has 6 nitrogen and oxygen atoms in total. The van der Waals surface area contributed by atoms with E-state index >= 15 is 0 Å². The molecule has 6 heteroatoms. The molecule has 0 unspecified atom stereocenters. The van der Waals surface area contributed by atoms with Crippen molar-refractivity contribution in [3.8, 4) is 0 Å². The molecular formula is C20H28N4O2. The molecule has 0 bridgehead atoms. The fourth-order valence-corrected chi connectivity index (χ4v) is 3.35. The lowest BCUT2D eigenvalue weighted by atomic mass is 10.1. The number of amides is 1. The molecule has 0 N–H and O–H groups in total. The Hall–Kier alpha value is -2.21. The highest BCUT2D eigenvalue weighted by atomic mass is 16.5. The quantitative estimate of drug-likeness (QED) is 0.765. The van der Waals surface area contributed by atoms with Gasteiger partial charge in [0.1, 0.15) is 5.69 Å². The topological polar surface area (TPSA) is 60.3 Å². The van der Waals surface area contributed by atoms with E-state index in [-0.39, 0.29) is 12.0 Å². The van der Waals surface area contributed by atoms with Crippen molar-refractivity contribution < 1.29 is 9.53 Å². The largest absolute Gasteiger partial charge is 0.376 e. The van der Waals surface area contributed by atoms with Crippen molar-refractivity contribution >= 4 is 5.91 Å². The summed E-state index contributed by atoms with van der Waals surface area (Å²) in [7, 11) is 1.84. The number of aromatic nitrogens is 3. The van der Waals surface area contributed by atoms with Gasteiger partial charge in [-0.3, -0.25) is 14.5 Å². The zero-order valence-electron chi connectivity index (χ0n) is 15.9. The Bertz CT molecular complexity index is 721. The maximum absolute atomic E-state index is 13.2. The SMILES string of the molecule is CC(C)Cc1cc(C(=O)N(Cc2ccccn2)C[C@H]2CCCO2)n(C)n1. The predicted molar refractivity (Wildman–Crippen MR) is 99.7 cm³/mol. The van der Waals surface area contributed by atoms with E-state index in [1.54, 1.807) is 10.9 Å². The van der Waals surface area contributed by atoms with Crippen LogP contribution in [0.3, 0.4) is 0 Å². The minimum absolute atomic E-state index is 0.0174. The third kappa shape index (κ3) is 4.69. The fraction of sp³-hybridized carbons (Fsp3) is 0.550. The molecule has 26 heavy (non-hydrogen) atoms. The number of hydrogen-bond acceptors (Lipinski definition) is 4. The first kappa shape index (κ1) is 18.6. The number of carbonyl (C=O) groups is 1. The molecule has 1 saturated heterocycles. The van der Waals surface area contributed by atoms with E-state index in [9.17, 15) is 4.79 Å². The Morgan fingerprint density at radius 3 is 2.88 bits per heavy atom. The summed E-state index contributed by atoms with van der Waals surface area (Å²) < 4.78 is 7.45. The lowest BCUT2D eigenvalue weighted by Crippen LogP contribution is -2.38. The lowest BCUT2D eigenvalue weighted by molar-refractivity contribution is 0.0496. The number of nitrogens with zero attached hydrogens (tertiary/aromatic N) is 4. The van der Waals surface area contributed by atoms with Crippen LogP contribution in [-0.2, 0) is 24.8 Å². The van der Waals surface area contributed by atoms with E-state index in [0.717, 1.165) is 37.3 Å². The average Bonchev–Trinajstić information content (AvgIpc) is 3.23. The van der Waals surface area contributed by atoms with Crippen LogP contribution in [0.15, 0.2) is 30.5 Å². The molecular weight excluding hydrogens is 328 g/mol. The van der Waals surface area contributed by atoms with E-state index < -0.39 is 0 Å². The molecule has 0 aromatic carbocycles. The van der Waals surface area contributed by atoms with E-state index in [0.29, 0.717) is 24.7 Å². The number of hydrogen-bond donors (Lipinski definition) is 0. The monoisotopic (exact) mass is 356 g/mol. The number of aryl methyl sites for hydroxylation is 1. The van der Waals surface area contributed by atoms with Gasteiger partial charge in [-0.1, -0.05) is 19.9 Å². The smallest absolute Gasteiger partial charge is 0.272 e. The molecule has 0 aliphatic carbocycles. The van der Waals surface area contributed by atoms with Gasteiger partial charge in [0.15, 0.2) is 0 Å². The van der Waals surface area contributed by atoms with Gasteiger partial charge in [-0.2, -0.15) is 5.10 Å². The summed E-state index contributed by atoms with van der Waals surface area (Å²) in [5.41, 5.74) is 2.46. The van der Waals surface area contributed by atoms with Gasteiger partial charge in [-0.05, 0) is 43.4 Å². The molecule has 0 spiro atoms. The second-order valence-electron chi connectivity index (χ2n) is 7.38. The molecule has 0 saturated carbocycles. The molecule has 140 valence electrons. The zero-order valence-corrected chi connectivity index (χ0v) is 15.9. The number of carbonyl (C=O) groups excluding carboxylic acids is 1. The van der Waals surface area contributed by atoms with E-state index in [4.69, 9.17) is 4.74 Å². The van der Waals surface area contributed by atoms with Crippen molar-refractivity contribution in [3.63, 3.8) is 0 Å². The molecule has 3 rings (SSSR count). The maximum Gasteiger partial charge on any atom is 0.272 e. The molecule has 1 atom stereocenters. The summed E-state index contributed by atoms with van der Waals surface area (Å²) in [6, 6.07) is 7.70. The third-order valence-corrected chi connectivity index (χ3v) is 4.58. The van der Waals surface area contributed by atoms with Gasteiger partial charge in [0.25, 0.3) is 5.91 Å². The Morgan fingerprint density at radius 1 is 1.38 bits per heavy atom. The second kappa shape index (κ2) is 8.45. The maximum atomic E-state index is 13.2. The Morgan fingerprint density at radius 2 is 2.23 bits per heavy atom. The lowest BCUT2D eigenvalue weighted by Gasteiger charge is -2.25. The molecule has 1 fully saturated rings. The number of rotatable bonds is 7. The molecule has 2 aromatic rings. The van der Waals surface area contributed by atoms with Crippen LogP contribution in [0.5, 0.6) is 0 Å². The molecule has 1 aliphatic rings. The van der Waals surface area contributed by atoms with Crippen LogP contribution in [0.2, 0.25) is 0 Å². The molecule has 2 aromatic heterocycles. The van der Waals surface area contributed by atoms with Crippen molar-refractivity contribution in [3.05, 3.63) is 47.5 Å². The highest BCUT2D eigenvalue weighted by molar-refractivity contribution is 5.92. The van der Waals surface area contributed by atoms with E-state index in [1.165, 1.54) is 0 Å². The summed E-state index contributed by atoms with van der Waals surface area (Å²) in [4.78, 5) is 19.5. The van der Waals surface area contributed by atoms with Crippen molar-refractivity contribution in [2.45, 2.75) is 45.8 Å². The summed E-state index contributed by atoms with van der Waals surface area (Å²) >= 11 is 0. The highest BCUT2D eigenvalue weighted by Crippen LogP contribution is 2.18. The average molecular weight is 356 g/mol. The first-order valence-electron chi connectivity index (χ1n) is 9.36. The number of ether oxygens (including phenoxy) is 1. The summed E-state index contributed by atoms with van der Waals surface area (Å²) in [6.07, 6.45) is 4.78. The van der Waals surface area contributed by atoms with E-state index in [1.807, 2.05) is 36.2 Å². The van der Waals surface area contributed by atoms with E-state index in [2.05, 4.69) is 23.9 Å². The standard InChI is InChI=1S/C20H28N4O2/c1-15(2)11-17-12-19(23(3)22-17)20(25)24(14-18-8-6-10-26-18)13-16-7-4-5-9-21-16/h4-5,7,9,12,15,18H,6,8,10-11,13-14H2,1-3H3/t18-/m1/s1. The first-order chi connectivity index (χ1) is 12.5. The van der Waals surface area contributed by atoms with Crippen molar-refractivity contribution in [1.82, 2.24) is 19.7 Å². The number of pyridine rings is 1. The summed E-state index contributed by atoms with van der Waals surface area (Å²) in [6.45, 7) is 6.15. The Labute approximate surface area is 155 Å². The predicted octanol–water partition coefficient (Wildman–Crippen LogP) is 2.84. The van der Waals surface area contributed by atoms with Crippen molar-refractivity contribution in [2.24, 2.45) is 13.0 Å². The van der Waals surface area contributed by atoms with Gasteiger partial charge in [-0.25, -0.2) is 0 Å². The highest BCUT2D eigenvalue weighted by Gasteiger charge is 2.26. The van der Waals surface area contributed by atoms with Crippen LogP contribution >= 0.6 is 0 Å². The van der Waals surface area contributed by atoms with Crippen LogP contribution in [-0.4, -0.2) is 44.8 Å². The van der Waals surface area contributed by atoms with Crippen molar-refractivity contribution in [1.29, 1.82) is 0 Å². The van der Waals surface area contributed by atoms with Crippen LogP contribution in [0.1, 0.15) is 48.6 Å². The van der Waals surface area contributed by atoms with Crippen LogP contribution in [0.4, 0.5) is 0 Å². The Balaban J connectivity index is 1.80. The van der Waals surface area contributed by atoms with Crippen molar-refractivity contribution in [2.75, 3.05) is 13.2 Å². The fourth-order valence-electron chi connectivity index (χ4n) is 3.35. The Kier molecular flexibility index (Phi) is 6.04. The molecule has 1 aliphatic heterocycles. The second-order valence-corrected chi connectivity index (χ2v) is 7.38. The van der Waals surface area contributed by atoms with Gasteiger partial charge in [0.2, 0.25) is 0 Å². The summed E-state index contributed by atoms with van der Waals surface area (Å²) in [5.74, 6) is 0.487. The third-order valence-electron chi connectivity index (χ3n) is 4.58. The van der Waals surface area contributed by atoms with Gasteiger partial charge in [0.05, 0.1) is 24.0 Å². The minimum Gasteiger partial charge on any atom is -0.376 e. The van der Waals surface area contributed by atoms with Gasteiger partial charge in [0, 0.05) is 26.4 Å². The van der Waals surface area contributed by atoms with Crippen LogP contribution in [0.25, 0.3) is 0 Å².